The van der Waals surface area contributed by atoms with Gasteiger partial charge in [-0.05, 0) is 29.3 Å². The summed E-state index contributed by atoms with van der Waals surface area (Å²) in [6.45, 7) is 2.10. The summed E-state index contributed by atoms with van der Waals surface area (Å²) < 4.78 is 0. The SMILES string of the molecule is C[C@@H](Nc1cc(N)ncn1)c1ccc2ccccc2c1. The Morgan fingerprint density at radius 1 is 1.00 bits per heavy atom. The van der Waals surface area contributed by atoms with Crippen LogP contribution in [0, 0.1) is 0 Å². The predicted octanol–water partition coefficient (Wildman–Crippen LogP) is 3.39. The van der Waals surface area contributed by atoms with E-state index in [2.05, 4.69) is 58.6 Å². The van der Waals surface area contributed by atoms with E-state index in [9.17, 15) is 0 Å². The average molecular weight is 264 g/mol. The molecule has 0 unspecified atom stereocenters. The van der Waals surface area contributed by atoms with Gasteiger partial charge in [0, 0.05) is 12.1 Å². The van der Waals surface area contributed by atoms with Crippen LogP contribution in [0.25, 0.3) is 10.8 Å². The lowest BCUT2D eigenvalue weighted by atomic mass is 10.0. The smallest absolute Gasteiger partial charge is 0.131 e. The third-order valence-electron chi connectivity index (χ3n) is 3.33. The average Bonchev–Trinajstić information content (AvgIpc) is 2.47. The number of fused-ring (bicyclic) bond motifs is 1. The number of rotatable bonds is 3. The fraction of sp³-hybridized carbons (Fsp3) is 0.125. The van der Waals surface area contributed by atoms with E-state index in [0.717, 1.165) is 5.82 Å². The van der Waals surface area contributed by atoms with E-state index in [0.29, 0.717) is 5.82 Å². The first-order valence-corrected chi connectivity index (χ1v) is 6.55. The molecule has 3 N–H and O–H groups in total. The number of nitrogens with one attached hydrogen (secondary N) is 1. The number of anilines is 2. The Labute approximate surface area is 117 Å². The fourth-order valence-corrected chi connectivity index (χ4v) is 2.23. The zero-order chi connectivity index (χ0) is 13.9. The van der Waals surface area contributed by atoms with Crippen LogP contribution in [0.5, 0.6) is 0 Å². The molecule has 0 aliphatic heterocycles. The lowest BCUT2D eigenvalue weighted by Crippen LogP contribution is -2.08. The Kier molecular flexibility index (Phi) is 3.21. The summed E-state index contributed by atoms with van der Waals surface area (Å²) in [5.74, 6) is 1.20. The van der Waals surface area contributed by atoms with Crippen LogP contribution in [-0.4, -0.2) is 9.97 Å². The summed E-state index contributed by atoms with van der Waals surface area (Å²) in [6, 6.07) is 16.7. The second-order valence-corrected chi connectivity index (χ2v) is 4.80. The maximum Gasteiger partial charge on any atom is 0.131 e. The van der Waals surface area contributed by atoms with Crippen LogP contribution in [0.1, 0.15) is 18.5 Å². The highest BCUT2D eigenvalue weighted by atomic mass is 15.0. The van der Waals surface area contributed by atoms with Crippen molar-refractivity contribution in [3.05, 3.63) is 60.4 Å². The van der Waals surface area contributed by atoms with Crippen LogP contribution in [0.3, 0.4) is 0 Å². The second kappa shape index (κ2) is 5.17. The topological polar surface area (TPSA) is 63.8 Å². The molecule has 0 amide bonds. The predicted molar refractivity (Wildman–Crippen MR) is 82.4 cm³/mol. The van der Waals surface area contributed by atoms with Gasteiger partial charge in [-0.2, -0.15) is 0 Å². The molecule has 1 atom stereocenters. The first-order chi connectivity index (χ1) is 9.72. The summed E-state index contributed by atoms with van der Waals surface area (Å²) in [5.41, 5.74) is 6.87. The Hall–Kier alpha value is -2.62. The molecule has 0 fully saturated rings. The summed E-state index contributed by atoms with van der Waals surface area (Å²) in [5, 5.41) is 5.81. The number of hydrogen-bond acceptors (Lipinski definition) is 4. The van der Waals surface area contributed by atoms with Crippen molar-refractivity contribution >= 4 is 22.4 Å². The number of aromatic nitrogens is 2. The molecule has 4 nitrogen and oxygen atoms in total. The Morgan fingerprint density at radius 3 is 2.60 bits per heavy atom. The molecule has 0 saturated carbocycles. The van der Waals surface area contributed by atoms with E-state index < -0.39 is 0 Å². The van der Waals surface area contributed by atoms with Crippen LogP contribution in [0.2, 0.25) is 0 Å². The van der Waals surface area contributed by atoms with Crippen molar-refractivity contribution < 1.29 is 0 Å². The fourth-order valence-electron chi connectivity index (χ4n) is 2.23. The van der Waals surface area contributed by atoms with Crippen LogP contribution in [-0.2, 0) is 0 Å². The molecule has 0 spiro atoms. The van der Waals surface area contributed by atoms with Gasteiger partial charge in [-0.15, -0.1) is 0 Å². The minimum atomic E-state index is 0.147. The lowest BCUT2D eigenvalue weighted by Gasteiger charge is -2.15. The monoisotopic (exact) mass is 264 g/mol. The Morgan fingerprint density at radius 2 is 1.80 bits per heavy atom. The van der Waals surface area contributed by atoms with Crippen LogP contribution >= 0.6 is 0 Å². The van der Waals surface area contributed by atoms with Gasteiger partial charge in [0.1, 0.15) is 18.0 Å². The van der Waals surface area contributed by atoms with Crippen LogP contribution < -0.4 is 11.1 Å². The van der Waals surface area contributed by atoms with Gasteiger partial charge < -0.3 is 11.1 Å². The van der Waals surface area contributed by atoms with Crippen molar-refractivity contribution in [1.29, 1.82) is 0 Å². The summed E-state index contributed by atoms with van der Waals surface area (Å²) >= 11 is 0. The first-order valence-electron chi connectivity index (χ1n) is 6.55. The van der Waals surface area contributed by atoms with E-state index in [1.54, 1.807) is 6.07 Å². The van der Waals surface area contributed by atoms with Crippen LogP contribution in [0.4, 0.5) is 11.6 Å². The number of benzene rings is 2. The van der Waals surface area contributed by atoms with Crippen molar-refractivity contribution in [3.63, 3.8) is 0 Å². The van der Waals surface area contributed by atoms with E-state index in [1.165, 1.54) is 22.7 Å². The highest BCUT2D eigenvalue weighted by Gasteiger charge is 2.07. The van der Waals surface area contributed by atoms with Crippen molar-refractivity contribution in [2.75, 3.05) is 11.1 Å². The molecule has 0 saturated heterocycles. The van der Waals surface area contributed by atoms with Gasteiger partial charge in [0.2, 0.25) is 0 Å². The van der Waals surface area contributed by atoms with E-state index >= 15 is 0 Å². The maximum absolute atomic E-state index is 5.66. The molecular formula is C16H16N4. The summed E-state index contributed by atoms with van der Waals surface area (Å²) in [6.07, 6.45) is 1.46. The van der Waals surface area contributed by atoms with Gasteiger partial charge in [0.15, 0.2) is 0 Å². The normalized spacial score (nSPS) is 12.2. The molecule has 1 aromatic heterocycles. The highest BCUT2D eigenvalue weighted by molar-refractivity contribution is 5.83. The molecule has 3 rings (SSSR count). The minimum absolute atomic E-state index is 0.147. The molecule has 1 heterocycles. The third-order valence-corrected chi connectivity index (χ3v) is 3.33. The van der Waals surface area contributed by atoms with Gasteiger partial charge in [0.05, 0.1) is 0 Å². The van der Waals surface area contributed by atoms with Crippen molar-refractivity contribution in [1.82, 2.24) is 9.97 Å². The van der Waals surface area contributed by atoms with Crippen LogP contribution in [0.15, 0.2) is 54.9 Å². The molecule has 100 valence electrons. The zero-order valence-corrected chi connectivity index (χ0v) is 11.2. The first kappa shape index (κ1) is 12.4. The Bertz CT molecular complexity index is 739. The van der Waals surface area contributed by atoms with E-state index in [-0.39, 0.29) is 6.04 Å². The molecule has 4 heteroatoms. The molecular weight excluding hydrogens is 248 g/mol. The van der Waals surface area contributed by atoms with Crippen molar-refractivity contribution in [2.45, 2.75) is 13.0 Å². The van der Waals surface area contributed by atoms with Gasteiger partial charge in [-0.1, -0.05) is 36.4 Å². The van der Waals surface area contributed by atoms with Gasteiger partial charge in [-0.25, -0.2) is 9.97 Å². The van der Waals surface area contributed by atoms with Gasteiger partial charge in [0.25, 0.3) is 0 Å². The van der Waals surface area contributed by atoms with E-state index in [4.69, 9.17) is 5.73 Å². The van der Waals surface area contributed by atoms with Gasteiger partial charge in [-0.3, -0.25) is 0 Å². The molecule has 0 radical (unpaired) electrons. The molecule has 20 heavy (non-hydrogen) atoms. The number of hydrogen-bond donors (Lipinski definition) is 2. The number of nitrogens with two attached hydrogens (primary N) is 1. The van der Waals surface area contributed by atoms with E-state index in [1.807, 2.05) is 6.07 Å². The zero-order valence-electron chi connectivity index (χ0n) is 11.2. The molecule has 2 aromatic carbocycles. The number of nitrogen functional groups attached to an aromatic ring is 1. The highest BCUT2D eigenvalue weighted by Crippen LogP contribution is 2.22. The second-order valence-electron chi connectivity index (χ2n) is 4.80. The van der Waals surface area contributed by atoms with Crippen molar-refractivity contribution in [3.8, 4) is 0 Å². The summed E-state index contributed by atoms with van der Waals surface area (Å²) in [4.78, 5) is 8.05. The number of nitrogens with zero attached hydrogens (tertiary/aromatic N) is 2. The Balaban J connectivity index is 1.86. The molecule has 3 aromatic rings. The maximum atomic E-state index is 5.66. The standard InChI is InChI=1S/C16H16N4/c1-11(20-16-9-15(17)18-10-19-16)13-7-6-12-4-2-3-5-14(12)8-13/h2-11H,1H3,(H3,17,18,19,20)/t11-/m1/s1. The van der Waals surface area contributed by atoms with Gasteiger partial charge >= 0.3 is 0 Å². The van der Waals surface area contributed by atoms with Crippen molar-refractivity contribution in [2.24, 2.45) is 0 Å². The largest absolute Gasteiger partial charge is 0.384 e. The third kappa shape index (κ3) is 2.54. The minimum Gasteiger partial charge on any atom is -0.384 e. The molecule has 0 aliphatic carbocycles. The quantitative estimate of drug-likeness (QED) is 0.761. The lowest BCUT2D eigenvalue weighted by molar-refractivity contribution is 0.874. The molecule has 0 bridgehead atoms. The summed E-state index contributed by atoms with van der Waals surface area (Å²) in [7, 11) is 0. The molecule has 0 aliphatic rings.